The molecule has 8 atom stereocenters. The maximum absolute atomic E-state index is 12.7. The fourth-order valence-corrected chi connectivity index (χ4v) is 6.46. The van der Waals surface area contributed by atoms with E-state index in [0.29, 0.717) is 43.3 Å². The molecule has 1 amide bonds. The van der Waals surface area contributed by atoms with E-state index < -0.39 is 12.2 Å². The minimum Gasteiger partial charge on any atom is -0.442 e. The topological polar surface area (TPSA) is 88.6 Å². The van der Waals surface area contributed by atoms with E-state index in [2.05, 4.69) is 32.9 Å². The molecule has 1 unspecified atom stereocenters. The highest BCUT2D eigenvalue weighted by Crippen LogP contribution is 2.42. The van der Waals surface area contributed by atoms with Gasteiger partial charge in [-0.15, -0.1) is 0 Å². The molecule has 3 heterocycles. The van der Waals surface area contributed by atoms with Crippen molar-refractivity contribution < 1.29 is 28.9 Å². The number of amides is 1. The van der Waals surface area contributed by atoms with Crippen LogP contribution in [0, 0.1) is 23.7 Å². The Hall–Kier alpha value is -1.96. The van der Waals surface area contributed by atoms with Gasteiger partial charge >= 0.3 is 6.09 Å². The van der Waals surface area contributed by atoms with Crippen molar-refractivity contribution in [2.45, 2.75) is 103 Å². The Labute approximate surface area is 234 Å². The number of aliphatic hydroxyl groups is 1. The fraction of sp³-hybridized carbons (Fsp3) is 0.750. The molecular weight excluding hydrogens is 494 g/mol. The Bertz CT molecular complexity index is 931. The smallest absolute Gasteiger partial charge is 0.410 e. The number of ketones is 1. The first-order chi connectivity index (χ1) is 18.7. The molecule has 0 aromatic heterocycles. The summed E-state index contributed by atoms with van der Waals surface area (Å²) in [7, 11) is 0. The molecule has 7 heteroatoms. The number of carbonyl (C=O) groups is 2. The number of hydrogen-bond acceptors (Lipinski definition) is 6. The summed E-state index contributed by atoms with van der Waals surface area (Å²) in [5, 5.41) is 10.5. The number of aliphatic hydroxyl groups excluding tert-OH is 1. The van der Waals surface area contributed by atoms with Crippen LogP contribution in [0.5, 0.6) is 0 Å². The summed E-state index contributed by atoms with van der Waals surface area (Å²) >= 11 is 0. The van der Waals surface area contributed by atoms with Crippen molar-refractivity contribution in [2.24, 2.45) is 23.7 Å². The molecule has 1 N–H and O–H groups in total. The van der Waals surface area contributed by atoms with Crippen LogP contribution in [0.25, 0.3) is 0 Å². The summed E-state index contributed by atoms with van der Waals surface area (Å²) in [5.41, 5.74) is 0.809. The Morgan fingerprint density at radius 1 is 1.10 bits per heavy atom. The van der Waals surface area contributed by atoms with Gasteiger partial charge in [-0.25, -0.2) is 4.79 Å². The number of ether oxygens (including phenoxy) is 3. The molecule has 1 aliphatic carbocycles. The van der Waals surface area contributed by atoms with Crippen LogP contribution in [0.3, 0.4) is 0 Å². The standard InChI is InChI=1S/C32H49NO6/c1-22(9-13-29-30(35)32(21-38-32)14-17-37-29)8-11-26-18-24(3)27(19-23(26)2)20-28(34)12-10-25(4)39-31(36)33-15-6-5-7-16-33/h8-10,12-13,23-27,29-30,35H,5-7,11,14-21H2,1-4H3/b12-10-,13-9+,22-8+/t23-,24-,25-,26+,27-,29?,30+,32+/m0/s1. The zero-order valence-corrected chi connectivity index (χ0v) is 24.3. The lowest BCUT2D eigenvalue weighted by atomic mass is 9.67. The number of allylic oxidation sites excluding steroid dienone is 4. The highest BCUT2D eigenvalue weighted by Gasteiger charge is 2.55. The minimum absolute atomic E-state index is 0.116. The highest BCUT2D eigenvalue weighted by molar-refractivity contribution is 5.89. The Morgan fingerprint density at radius 3 is 2.51 bits per heavy atom. The zero-order chi connectivity index (χ0) is 28.0. The maximum Gasteiger partial charge on any atom is 0.410 e. The third kappa shape index (κ3) is 8.27. The summed E-state index contributed by atoms with van der Waals surface area (Å²) in [6, 6.07) is 0. The molecule has 3 aliphatic heterocycles. The summed E-state index contributed by atoms with van der Waals surface area (Å²) in [4.78, 5) is 26.8. The van der Waals surface area contributed by atoms with E-state index in [-0.39, 0.29) is 23.6 Å². The first-order valence-corrected chi connectivity index (χ1v) is 15.1. The van der Waals surface area contributed by atoms with Crippen molar-refractivity contribution in [3.63, 3.8) is 0 Å². The number of piperidine rings is 1. The summed E-state index contributed by atoms with van der Waals surface area (Å²) in [6.45, 7) is 11.3. The van der Waals surface area contributed by atoms with Crippen molar-refractivity contribution in [1.29, 1.82) is 0 Å². The van der Waals surface area contributed by atoms with Gasteiger partial charge in [-0.3, -0.25) is 4.79 Å². The summed E-state index contributed by atoms with van der Waals surface area (Å²) < 4.78 is 16.8. The largest absolute Gasteiger partial charge is 0.442 e. The molecule has 1 spiro atoms. The van der Waals surface area contributed by atoms with E-state index in [4.69, 9.17) is 14.2 Å². The molecule has 7 nitrogen and oxygen atoms in total. The van der Waals surface area contributed by atoms with Gasteiger partial charge in [0.05, 0.1) is 13.2 Å². The number of epoxide rings is 1. The third-order valence-corrected chi connectivity index (χ3v) is 9.37. The van der Waals surface area contributed by atoms with Gasteiger partial charge in [0.15, 0.2) is 5.78 Å². The Kier molecular flexibility index (Phi) is 10.5. The second kappa shape index (κ2) is 13.6. The van der Waals surface area contributed by atoms with Gasteiger partial charge in [-0.2, -0.15) is 0 Å². The van der Waals surface area contributed by atoms with Crippen LogP contribution >= 0.6 is 0 Å². The predicted molar refractivity (Wildman–Crippen MR) is 151 cm³/mol. The monoisotopic (exact) mass is 543 g/mol. The number of likely N-dealkylation sites (tertiary alicyclic amines) is 1. The van der Waals surface area contributed by atoms with Gasteiger partial charge in [-0.1, -0.05) is 37.6 Å². The molecule has 4 aliphatic rings. The molecule has 0 radical (unpaired) electrons. The Morgan fingerprint density at radius 2 is 1.79 bits per heavy atom. The quantitative estimate of drug-likeness (QED) is 0.231. The van der Waals surface area contributed by atoms with Crippen LogP contribution < -0.4 is 0 Å². The molecule has 4 rings (SSSR count). The van der Waals surface area contributed by atoms with E-state index in [0.717, 1.165) is 51.6 Å². The molecule has 218 valence electrons. The lowest BCUT2D eigenvalue weighted by molar-refractivity contribution is -0.116. The first-order valence-electron chi connectivity index (χ1n) is 15.1. The van der Waals surface area contributed by atoms with Gasteiger partial charge in [0.25, 0.3) is 0 Å². The number of carbonyl (C=O) groups excluding carboxylic acids is 2. The molecule has 0 aromatic carbocycles. The van der Waals surface area contributed by atoms with E-state index in [1.165, 1.54) is 12.0 Å². The number of hydrogen-bond donors (Lipinski definition) is 1. The molecule has 39 heavy (non-hydrogen) atoms. The second-order valence-corrected chi connectivity index (χ2v) is 12.5. The van der Waals surface area contributed by atoms with E-state index >= 15 is 0 Å². The predicted octanol–water partition coefficient (Wildman–Crippen LogP) is 5.62. The summed E-state index contributed by atoms with van der Waals surface area (Å²) in [6.07, 6.45) is 15.8. The van der Waals surface area contributed by atoms with Gasteiger partial charge in [0, 0.05) is 25.9 Å². The molecule has 0 bridgehead atoms. The van der Waals surface area contributed by atoms with Crippen LogP contribution in [0.15, 0.2) is 36.0 Å². The minimum atomic E-state index is -0.596. The SMILES string of the molecule is CC(/C=C/C1OCC[C@@]2(CO2)[C@@H]1O)=C\C[C@@H]1C[C@H](C)[C@H](CC(=O)/C=C\[C@H](C)OC(=O)N2CCCCC2)C[C@@H]1C. The van der Waals surface area contributed by atoms with Gasteiger partial charge in [-0.05, 0) is 88.2 Å². The van der Waals surface area contributed by atoms with Gasteiger partial charge in [0.1, 0.15) is 23.9 Å². The van der Waals surface area contributed by atoms with Crippen molar-refractivity contribution in [2.75, 3.05) is 26.3 Å². The van der Waals surface area contributed by atoms with E-state index in [9.17, 15) is 14.7 Å². The molecule has 1 saturated carbocycles. The van der Waals surface area contributed by atoms with Crippen molar-refractivity contribution >= 4 is 11.9 Å². The third-order valence-electron chi connectivity index (χ3n) is 9.37. The van der Waals surface area contributed by atoms with Crippen LogP contribution in [0.2, 0.25) is 0 Å². The van der Waals surface area contributed by atoms with Crippen LogP contribution in [0.1, 0.15) is 79.1 Å². The molecule has 4 fully saturated rings. The normalized spacial score (nSPS) is 36.4. The van der Waals surface area contributed by atoms with Crippen LogP contribution in [0.4, 0.5) is 4.79 Å². The average molecular weight is 544 g/mol. The molecular formula is C32H49NO6. The van der Waals surface area contributed by atoms with E-state index in [1.54, 1.807) is 17.1 Å². The van der Waals surface area contributed by atoms with Crippen LogP contribution in [-0.4, -0.2) is 72.1 Å². The van der Waals surface area contributed by atoms with Crippen LogP contribution in [-0.2, 0) is 19.0 Å². The van der Waals surface area contributed by atoms with E-state index in [1.807, 2.05) is 13.0 Å². The first kappa shape index (κ1) is 30.0. The summed E-state index contributed by atoms with van der Waals surface area (Å²) in [5.74, 6) is 2.13. The number of nitrogens with zero attached hydrogens (tertiary/aromatic N) is 1. The van der Waals surface area contributed by atoms with Crippen molar-refractivity contribution in [3.05, 3.63) is 36.0 Å². The second-order valence-electron chi connectivity index (χ2n) is 12.5. The molecule has 3 saturated heterocycles. The molecule has 0 aromatic rings. The van der Waals surface area contributed by atoms with Gasteiger partial charge in [0.2, 0.25) is 0 Å². The highest BCUT2D eigenvalue weighted by atomic mass is 16.6. The lowest BCUT2D eigenvalue weighted by Gasteiger charge is -2.38. The number of rotatable bonds is 9. The zero-order valence-electron chi connectivity index (χ0n) is 24.3. The van der Waals surface area contributed by atoms with Gasteiger partial charge < -0.3 is 24.2 Å². The maximum atomic E-state index is 12.7. The Balaban J connectivity index is 1.19. The fourth-order valence-electron chi connectivity index (χ4n) is 6.46. The lowest BCUT2D eigenvalue weighted by Crippen LogP contribution is -2.46. The van der Waals surface area contributed by atoms with Crippen molar-refractivity contribution in [3.8, 4) is 0 Å². The van der Waals surface area contributed by atoms with Crippen molar-refractivity contribution in [1.82, 2.24) is 4.90 Å². The average Bonchev–Trinajstić information content (AvgIpc) is 3.70.